The van der Waals surface area contributed by atoms with Crippen molar-refractivity contribution in [3.05, 3.63) is 18.5 Å². The molecule has 29 heavy (non-hydrogen) atoms. The molecule has 5 aliphatic rings. The average Bonchev–Trinajstić information content (AvgIpc) is 3.46. The second-order valence-electron chi connectivity index (χ2n) is 9.37. The molecule has 1 saturated carbocycles. The quantitative estimate of drug-likeness (QED) is 0.843. The van der Waals surface area contributed by atoms with Crippen LogP contribution in [-0.2, 0) is 0 Å². The van der Waals surface area contributed by atoms with E-state index in [0.717, 1.165) is 48.6 Å². The Hall–Kier alpha value is -2.48. The Morgan fingerprint density at radius 3 is 2.34 bits per heavy atom. The van der Waals surface area contributed by atoms with Crippen LogP contribution in [0, 0.1) is 5.92 Å². The third kappa shape index (κ3) is 2.76. The smallest absolute Gasteiger partial charge is 0.228 e. The highest BCUT2D eigenvalue weighted by Crippen LogP contribution is 2.43. The van der Waals surface area contributed by atoms with E-state index < -0.39 is 0 Å². The standard InChI is InChI=1S/C21H28N8/c1-12(2)27-10-17-5-16(27)11-28(17)19-6-18(14-7-23-20(22)24-8-14)25-21(26-19)29-9-13-3-15(29)4-13/h6-8,12-13,15-17H,3-5,9-11H2,1-2H3,(H2,22,23,24). The Morgan fingerprint density at radius 2 is 1.72 bits per heavy atom. The van der Waals surface area contributed by atoms with E-state index in [2.05, 4.69) is 44.6 Å². The van der Waals surface area contributed by atoms with Gasteiger partial charge in [0.2, 0.25) is 11.9 Å². The van der Waals surface area contributed by atoms with Crippen molar-refractivity contribution in [2.75, 3.05) is 35.2 Å². The molecule has 0 amide bonds. The molecular weight excluding hydrogens is 364 g/mol. The SMILES string of the molecule is CC(C)N1CC2CC1CN2c1cc(-c2cnc(N)nc2)nc(N2CC3CC2C3)n1. The van der Waals surface area contributed by atoms with Crippen LogP contribution in [0.2, 0.25) is 0 Å². The summed E-state index contributed by atoms with van der Waals surface area (Å²) >= 11 is 0. The zero-order valence-corrected chi connectivity index (χ0v) is 17.1. The van der Waals surface area contributed by atoms with E-state index in [1.165, 1.54) is 19.3 Å². The van der Waals surface area contributed by atoms with Crippen LogP contribution in [0.4, 0.5) is 17.7 Å². The van der Waals surface area contributed by atoms with Gasteiger partial charge in [0.05, 0.1) is 5.69 Å². The summed E-state index contributed by atoms with van der Waals surface area (Å²) in [6, 6.07) is 4.48. The molecular formula is C21H28N8. The number of hydrogen-bond acceptors (Lipinski definition) is 8. The number of aromatic nitrogens is 4. The normalized spacial score (nSPS) is 30.4. The van der Waals surface area contributed by atoms with Gasteiger partial charge >= 0.3 is 0 Å². The fraction of sp³-hybridized carbons (Fsp3) is 0.619. The van der Waals surface area contributed by atoms with Gasteiger partial charge in [0.25, 0.3) is 0 Å². The predicted molar refractivity (Wildman–Crippen MR) is 113 cm³/mol. The number of nitrogens with two attached hydrogens (primary N) is 1. The largest absolute Gasteiger partial charge is 0.368 e. The zero-order valence-electron chi connectivity index (χ0n) is 17.1. The summed E-state index contributed by atoms with van der Waals surface area (Å²) in [6.45, 7) is 7.84. The highest BCUT2D eigenvalue weighted by molar-refractivity contribution is 5.65. The Bertz CT molecular complexity index is 923. The molecule has 0 aromatic carbocycles. The summed E-state index contributed by atoms with van der Waals surface area (Å²) < 4.78 is 0. The molecule has 4 aliphatic heterocycles. The number of nitrogen functional groups attached to an aromatic ring is 1. The highest BCUT2D eigenvalue weighted by Gasteiger charge is 2.46. The molecule has 0 radical (unpaired) electrons. The van der Waals surface area contributed by atoms with Crippen molar-refractivity contribution < 1.29 is 0 Å². The lowest BCUT2D eigenvalue weighted by Gasteiger charge is -2.37. The van der Waals surface area contributed by atoms with E-state index in [1.54, 1.807) is 12.4 Å². The van der Waals surface area contributed by atoms with Crippen LogP contribution in [0.25, 0.3) is 11.3 Å². The van der Waals surface area contributed by atoms with Gasteiger partial charge in [-0.15, -0.1) is 0 Å². The Labute approximate surface area is 171 Å². The first-order chi connectivity index (χ1) is 14.0. The molecule has 8 nitrogen and oxygen atoms in total. The topological polar surface area (TPSA) is 87.3 Å². The van der Waals surface area contributed by atoms with Gasteiger partial charge in [-0.1, -0.05) is 0 Å². The number of piperazine rings is 1. The molecule has 4 saturated heterocycles. The van der Waals surface area contributed by atoms with Gasteiger partial charge in [0, 0.05) is 67.8 Å². The minimum Gasteiger partial charge on any atom is -0.368 e. The van der Waals surface area contributed by atoms with E-state index >= 15 is 0 Å². The van der Waals surface area contributed by atoms with Gasteiger partial charge in [-0.2, -0.15) is 4.98 Å². The Kier molecular flexibility index (Phi) is 3.75. The summed E-state index contributed by atoms with van der Waals surface area (Å²) in [6.07, 6.45) is 7.32. The minimum atomic E-state index is 0.286. The fourth-order valence-corrected chi connectivity index (χ4v) is 5.70. The van der Waals surface area contributed by atoms with E-state index in [-0.39, 0.29) is 5.95 Å². The van der Waals surface area contributed by atoms with Gasteiger partial charge in [0.15, 0.2) is 0 Å². The van der Waals surface area contributed by atoms with E-state index in [0.29, 0.717) is 24.2 Å². The lowest BCUT2D eigenvalue weighted by Crippen LogP contribution is -2.49. The van der Waals surface area contributed by atoms with Crippen LogP contribution in [0.15, 0.2) is 18.5 Å². The highest BCUT2D eigenvalue weighted by atomic mass is 15.4. The summed E-state index contributed by atoms with van der Waals surface area (Å²) in [7, 11) is 0. The second-order valence-corrected chi connectivity index (χ2v) is 9.37. The van der Waals surface area contributed by atoms with Crippen molar-refractivity contribution in [2.24, 2.45) is 5.92 Å². The van der Waals surface area contributed by atoms with E-state index in [4.69, 9.17) is 15.7 Å². The molecule has 0 spiro atoms. The number of likely N-dealkylation sites (tertiary alicyclic amines) is 1. The molecule has 1 aliphatic carbocycles. The Balaban J connectivity index is 1.37. The summed E-state index contributed by atoms with van der Waals surface area (Å²) in [5.74, 6) is 3.01. The molecule has 152 valence electrons. The van der Waals surface area contributed by atoms with Gasteiger partial charge in [-0.25, -0.2) is 15.0 Å². The zero-order chi connectivity index (χ0) is 19.7. The van der Waals surface area contributed by atoms with Gasteiger partial charge in [-0.05, 0) is 39.0 Å². The fourth-order valence-electron chi connectivity index (χ4n) is 5.70. The van der Waals surface area contributed by atoms with Crippen molar-refractivity contribution in [3.8, 4) is 11.3 Å². The molecule has 2 aromatic heterocycles. The number of nitrogens with zero attached hydrogens (tertiary/aromatic N) is 7. The summed E-state index contributed by atoms with van der Waals surface area (Å²) in [5, 5.41) is 0. The van der Waals surface area contributed by atoms with Crippen LogP contribution in [0.3, 0.4) is 0 Å². The number of anilines is 3. The number of rotatable bonds is 4. The van der Waals surface area contributed by atoms with Crippen molar-refractivity contribution in [3.63, 3.8) is 0 Å². The first-order valence-corrected chi connectivity index (χ1v) is 10.8. The minimum absolute atomic E-state index is 0.286. The van der Waals surface area contributed by atoms with Gasteiger partial charge in [-0.3, -0.25) is 4.90 Å². The second kappa shape index (κ2) is 6.26. The monoisotopic (exact) mass is 392 g/mol. The van der Waals surface area contributed by atoms with Crippen molar-refractivity contribution in [1.82, 2.24) is 24.8 Å². The first kappa shape index (κ1) is 17.4. The molecule has 7 rings (SSSR count). The molecule has 2 N–H and O–H groups in total. The maximum atomic E-state index is 5.69. The predicted octanol–water partition coefficient (Wildman–Crippen LogP) is 1.79. The molecule has 2 aromatic rings. The van der Waals surface area contributed by atoms with Crippen LogP contribution in [0.5, 0.6) is 0 Å². The van der Waals surface area contributed by atoms with Crippen LogP contribution in [0.1, 0.15) is 33.1 Å². The average molecular weight is 393 g/mol. The van der Waals surface area contributed by atoms with Crippen molar-refractivity contribution in [2.45, 2.75) is 57.3 Å². The third-order valence-corrected chi connectivity index (χ3v) is 7.27. The third-order valence-electron chi connectivity index (χ3n) is 7.27. The number of fused-ring (bicyclic) bond motifs is 3. The lowest BCUT2D eigenvalue weighted by molar-refractivity contribution is 0.191. The van der Waals surface area contributed by atoms with Crippen LogP contribution >= 0.6 is 0 Å². The summed E-state index contributed by atoms with van der Waals surface area (Å²) in [4.78, 5) is 25.9. The van der Waals surface area contributed by atoms with Crippen molar-refractivity contribution in [1.29, 1.82) is 0 Å². The summed E-state index contributed by atoms with van der Waals surface area (Å²) in [5.41, 5.74) is 7.47. The molecule has 8 heteroatoms. The molecule has 4 bridgehead atoms. The lowest BCUT2D eigenvalue weighted by atomic mass is 9.86. The van der Waals surface area contributed by atoms with E-state index in [9.17, 15) is 0 Å². The number of hydrogen-bond donors (Lipinski definition) is 1. The Morgan fingerprint density at radius 1 is 0.931 bits per heavy atom. The van der Waals surface area contributed by atoms with Crippen LogP contribution in [-0.4, -0.2) is 68.6 Å². The van der Waals surface area contributed by atoms with E-state index in [1.807, 2.05) is 0 Å². The maximum absolute atomic E-state index is 5.69. The van der Waals surface area contributed by atoms with Crippen LogP contribution < -0.4 is 15.5 Å². The van der Waals surface area contributed by atoms with Gasteiger partial charge < -0.3 is 15.5 Å². The maximum Gasteiger partial charge on any atom is 0.228 e. The van der Waals surface area contributed by atoms with Crippen molar-refractivity contribution >= 4 is 17.7 Å². The van der Waals surface area contributed by atoms with Gasteiger partial charge in [0.1, 0.15) is 5.82 Å². The molecule has 2 unspecified atom stereocenters. The molecule has 6 heterocycles. The first-order valence-electron chi connectivity index (χ1n) is 10.8. The molecule has 5 fully saturated rings. The molecule has 2 atom stereocenters.